The lowest BCUT2D eigenvalue weighted by molar-refractivity contribution is 0.102. The smallest absolute Gasteiger partial charge is 0.277 e. The number of aromatic nitrogens is 1. The summed E-state index contributed by atoms with van der Waals surface area (Å²) < 4.78 is 5.33. The van der Waals surface area contributed by atoms with Crippen LogP contribution in [0.25, 0.3) is 0 Å². The quantitative estimate of drug-likeness (QED) is 0.855. The second kappa shape index (κ2) is 7.22. The van der Waals surface area contributed by atoms with Crippen LogP contribution in [-0.4, -0.2) is 10.9 Å². The highest BCUT2D eigenvalue weighted by Gasteiger charge is 2.18. The second-order valence-electron chi connectivity index (χ2n) is 5.81. The highest BCUT2D eigenvalue weighted by molar-refractivity contribution is 6.02. The van der Waals surface area contributed by atoms with E-state index in [0.29, 0.717) is 11.8 Å². The van der Waals surface area contributed by atoms with Gasteiger partial charge in [-0.2, -0.15) is 0 Å². The van der Waals surface area contributed by atoms with E-state index < -0.39 is 0 Å². The molecule has 1 heterocycles. The summed E-state index contributed by atoms with van der Waals surface area (Å²) >= 11 is 0. The molecule has 5 heteroatoms. The van der Waals surface area contributed by atoms with Gasteiger partial charge < -0.3 is 15.5 Å². The first kappa shape index (κ1) is 16.2. The van der Waals surface area contributed by atoms with Crippen molar-refractivity contribution in [1.29, 1.82) is 0 Å². The average molecular weight is 301 g/mol. The fourth-order valence-electron chi connectivity index (χ4n) is 2.19. The molecule has 118 valence electrons. The lowest BCUT2D eigenvalue weighted by atomic mass is 10.0. The molecule has 1 aromatic heterocycles. The molecule has 2 rings (SSSR count). The van der Waals surface area contributed by atoms with Gasteiger partial charge in [0.1, 0.15) is 6.26 Å². The molecule has 0 radical (unpaired) electrons. The molecule has 0 spiro atoms. The Labute approximate surface area is 130 Å². The molecule has 0 saturated heterocycles. The number of nitrogens with two attached hydrogens (primary N) is 1. The highest BCUT2D eigenvalue weighted by Crippen LogP contribution is 2.19. The number of rotatable bonds is 6. The van der Waals surface area contributed by atoms with Gasteiger partial charge in [-0.05, 0) is 36.5 Å². The summed E-state index contributed by atoms with van der Waals surface area (Å²) in [5, 5.41) is 2.80. The summed E-state index contributed by atoms with van der Waals surface area (Å²) in [6.45, 7) is 6.25. The van der Waals surface area contributed by atoms with Crippen LogP contribution >= 0.6 is 0 Å². The number of aryl methyl sites for hydroxylation is 1. The fraction of sp³-hybridized carbons (Fsp3) is 0.412. The molecule has 0 fully saturated rings. The topological polar surface area (TPSA) is 81.2 Å². The van der Waals surface area contributed by atoms with E-state index in [2.05, 4.69) is 31.1 Å². The molecule has 1 unspecified atom stereocenters. The van der Waals surface area contributed by atoms with Gasteiger partial charge in [0.2, 0.25) is 5.89 Å². The molecule has 22 heavy (non-hydrogen) atoms. The SMILES string of the molecule is CCc1ccc(NC(=O)c2coc(C(N)CC(C)C)n2)cc1. The average Bonchev–Trinajstić information content (AvgIpc) is 2.97. The number of nitrogens with one attached hydrogen (secondary N) is 1. The van der Waals surface area contributed by atoms with Gasteiger partial charge in [-0.25, -0.2) is 4.98 Å². The molecular weight excluding hydrogens is 278 g/mol. The van der Waals surface area contributed by atoms with Crippen LogP contribution in [0.3, 0.4) is 0 Å². The summed E-state index contributed by atoms with van der Waals surface area (Å²) in [6.07, 6.45) is 3.08. The van der Waals surface area contributed by atoms with Gasteiger partial charge in [-0.1, -0.05) is 32.9 Å². The maximum Gasteiger partial charge on any atom is 0.277 e. The van der Waals surface area contributed by atoms with E-state index in [9.17, 15) is 4.79 Å². The molecule has 0 aliphatic heterocycles. The first-order valence-electron chi connectivity index (χ1n) is 7.61. The van der Waals surface area contributed by atoms with Crippen molar-refractivity contribution in [3.05, 3.63) is 47.7 Å². The first-order valence-corrected chi connectivity index (χ1v) is 7.61. The van der Waals surface area contributed by atoms with E-state index >= 15 is 0 Å². The maximum absolute atomic E-state index is 12.2. The number of carbonyl (C=O) groups is 1. The van der Waals surface area contributed by atoms with Crippen LogP contribution in [0.5, 0.6) is 0 Å². The highest BCUT2D eigenvalue weighted by atomic mass is 16.3. The molecule has 3 N–H and O–H groups in total. The maximum atomic E-state index is 12.2. The van der Waals surface area contributed by atoms with Gasteiger partial charge in [0.15, 0.2) is 5.69 Å². The summed E-state index contributed by atoms with van der Waals surface area (Å²) in [4.78, 5) is 16.3. The van der Waals surface area contributed by atoms with E-state index in [1.165, 1.54) is 11.8 Å². The van der Waals surface area contributed by atoms with Crippen LogP contribution in [-0.2, 0) is 6.42 Å². The Morgan fingerprint density at radius 3 is 2.59 bits per heavy atom. The van der Waals surface area contributed by atoms with Crippen LogP contribution in [0.2, 0.25) is 0 Å². The second-order valence-corrected chi connectivity index (χ2v) is 5.81. The first-order chi connectivity index (χ1) is 10.5. The Morgan fingerprint density at radius 2 is 2.00 bits per heavy atom. The zero-order chi connectivity index (χ0) is 16.1. The van der Waals surface area contributed by atoms with Crippen molar-refractivity contribution in [2.45, 2.75) is 39.7 Å². The molecule has 5 nitrogen and oxygen atoms in total. The third-order valence-electron chi connectivity index (χ3n) is 3.42. The van der Waals surface area contributed by atoms with E-state index in [-0.39, 0.29) is 17.6 Å². The number of hydrogen-bond acceptors (Lipinski definition) is 4. The molecule has 0 aliphatic carbocycles. The Balaban J connectivity index is 2.02. The number of oxazole rings is 1. The monoisotopic (exact) mass is 301 g/mol. The van der Waals surface area contributed by atoms with E-state index in [0.717, 1.165) is 18.5 Å². The molecule has 1 aromatic carbocycles. The molecular formula is C17H23N3O2. The van der Waals surface area contributed by atoms with Crippen molar-refractivity contribution in [1.82, 2.24) is 4.98 Å². The lowest BCUT2D eigenvalue weighted by Gasteiger charge is -2.09. The third kappa shape index (κ3) is 4.18. The summed E-state index contributed by atoms with van der Waals surface area (Å²) in [6, 6.07) is 7.44. The van der Waals surface area contributed by atoms with E-state index in [1.807, 2.05) is 24.3 Å². The molecule has 1 atom stereocenters. The lowest BCUT2D eigenvalue weighted by Crippen LogP contribution is -2.15. The van der Waals surface area contributed by atoms with Crippen molar-refractivity contribution in [2.24, 2.45) is 11.7 Å². The number of hydrogen-bond donors (Lipinski definition) is 2. The number of benzene rings is 1. The van der Waals surface area contributed by atoms with Crippen LogP contribution < -0.4 is 11.1 Å². The molecule has 1 amide bonds. The Hall–Kier alpha value is -2.14. The summed E-state index contributed by atoms with van der Waals surface area (Å²) in [7, 11) is 0. The third-order valence-corrected chi connectivity index (χ3v) is 3.42. The van der Waals surface area contributed by atoms with Crippen LogP contribution in [0.1, 0.15) is 55.2 Å². The number of anilines is 1. The summed E-state index contributed by atoms with van der Waals surface area (Å²) in [5.74, 6) is 0.549. The van der Waals surface area contributed by atoms with Crippen molar-refractivity contribution in [2.75, 3.05) is 5.32 Å². The Morgan fingerprint density at radius 1 is 1.32 bits per heavy atom. The minimum Gasteiger partial charge on any atom is -0.446 e. The van der Waals surface area contributed by atoms with Crippen molar-refractivity contribution in [3.63, 3.8) is 0 Å². The predicted molar refractivity (Wildman–Crippen MR) is 86.7 cm³/mol. The zero-order valence-electron chi connectivity index (χ0n) is 13.3. The molecule has 0 saturated carbocycles. The summed E-state index contributed by atoms with van der Waals surface area (Å²) in [5.41, 5.74) is 8.21. The van der Waals surface area contributed by atoms with Crippen LogP contribution in [0.4, 0.5) is 5.69 Å². The van der Waals surface area contributed by atoms with Gasteiger partial charge >= 0.3 is 0 Å². The Bertz CT molecular complexity index is 617. The molecule has 2 aromatic rings. The molecule has 0 aliphatic rings. The van der Waals surface area contributed by atoms with Crippen molar-refractivity contribution in [3.8, 4) is 0 Å². The number of carbonyl (C=O) groups excluding carboxylic acids is 1. The Kier molecular flexibility index (Phi) is 5.33. The number of amides is 1. The number of nitrogens with zero attached hydrogens (tertiary/aromatic N) is 1. The van der Waals surface area contributed by atoms with Crippen LogP contribution in [0.15, 0.2) is 34.9 Å². The van der Waals surface area contributed by atoms with Gasteiger partial charge in [0.05, 0.1) is 6.04 Å². The standard InChI is InChI=1S/C17H23N3O2/c1-4-12-5-7-13(8-6-12)19-16(21)15-10-22-17(20-15)14(18)9-11(2)3/h5-8,10-11,14H,4,9,18H2,1-3H3,(H,19,21). The van der Waals surface area contributed by atoms with Crippen molar-refractivity contribution < 1.29 is 9.21 Å². The van der Waals surface area contributed by atoms with Crippen molar-refractivity contribution >= 4 is 11.6 Å². The largest absolute Gasteiger partial charge is 0.446 e. The van der Waals surface area contributed by atoms with Gasteiger partial charge in [0.25, 0.3) is 5.91 Å². The van der Waals surface area contributed by atoms with Gasteiger partial charge in [-0.3, -0.25) is 4.79 Å². The minimum atomic E-state index is -0.295. The van der Waals surface area contributed by atoms with Gasteiger partial charge in [0, 0.05) is 5.69 Å². The van der Waals surface area contributed by atoms with E-state index in [4.69, 9.17) is 10.2 Å². The predicted octanol–water partition coefficient (Wildman–Crippen LogP) is 3.54. The fourth-order valence-corrected chi connectivity index (χ4v) is 2.19. The normalized spacial score (nSPS) is 12.4. The molecule has 0 bridgehead atoms. The minimum absolute atomic E-state index is 0.244. The van der Waals surface area contributed by atoms with Crippen LogP contribution in [0, 0.1) is 5.92 Å². The van der Waals surface area contributed by atoms with Gasteiger partial charge in [-0.15, -0.1) is 0 Å². The van der Waals surface area contributed by atoms with E-state index in [1.54, 1.807) is 0 Å². The zero-order valence-corrected chi connectivity index (χ0v) is 13.3.